The molecule has 300 valence electrons. The molecule has 5 aliphatic rings. The van der Waals surface area contributed by atoms with Crippen LogP contribution in [0.25, 0.3) is 21.3 Å². The Hall–Kier alpha value is -5.41. The molecule has 5 aromatic rings. The number of aromatic nitrogens is 4. The van der Waals surface area contributed by atoms with Crippen LogP contribution in [0.15, 0.2) is 54.3 Å². The third-order valence-corrected chi connectivity index (χ3v) is 13.7. The van der Waals surface area contributed by atoms with Gasteiger partial charge >= 0.3 is 0 Å². The fraction of sp³-hybridized carbons (Fsp3) is 0.465. The van der Waals surface area contributed by atoms with Gasteiger partial charge in [-0.05, 0) is 93.2 Å². The van der Waals surface area contributed by atoms with Crippen molar-refractivity contribution in [3.63, 3.8) is 0 Å². The number of nitrogens with zero attached hydrogens (tertiary/aromatic N) is 8. The molecule has 0 radical (unpaired) electrons. The Morgan fingerprint density at radius 2 is 1.71 bits per heavy atom. The number of piperidine rings is 4. The number of nitrogens with one attached hydrogen (secondary N) is 2. The lowest BCUT2D eigenvalue weighted by molar-refractivity contribution is -0.136. The van der Waals surface area contributed by atoms with Crippen LogP contribution < -0.4 is 20.4 Å². The van der Waals surface area contributed by atoms with Gasteiger partial charge in [0.25, 0.3) is 11.8 Å². The van der Waals surface area contributed by atoms with Crippen LogP contribution in [-0.4, -0.2) is 105 Å². The van der Waals surface area contributed by atoms with Gasteiger partial charge in [-0.25, -0.2) is 9.97 Å². The molecule has 1 unspecified atom stereocenters. The maximum absolute atomic E-state index is 13.7. The van der Waals surface area contributed by atoms with E-state index in [9.17, 15) is 19.2 Å². The minimum atomic E-state index is -0.595. The summed E-state index contributed by atoms with van der Waals surface area (Å²) >= 11 is 1.43. The summed E-state index contributed by atoms with van der Waals surface area (Å²) in [5.41, 5.74) is 8.35. The Bertz CT molecular complexity index is 2410. The van der Waals surface area contributed by atoms with E-state index < -0.39 is 6.04 Å². The number of thiazole rings is 1. The minimum Gasteiger partial charge on any atom is -0.371 e. The first kappa shape index (κ1) is 36.9. The molecule has 0 bridgehead atoms. The lowest BCUT2D eigenvalue weighted by Gasteiger charge is -2.38. The molecule has 0 saturated carbocycles. The number of likely N-dealkylation sites (tertiary alicyclic amines) is 1. The highest BCUT2D eigenvalue weighted by Gasteiger charge is 2.39. The molecule has 8 heterocycles. The van der Waals surface area contributed by atoms with Gasteiger partial charge in [-0.15, -0.1) is 11.3 Å². The molecule has 2 N–H and O–H groups in total. The van der Waals surface area contributed by atoms with E-state index in [0.29, 0.717) is 41.6 Å². The predicted molar refractivity (Wildman–Crippen MR) is 223 cm³/mol. The van der Waals surface area contributed by atoms with Crippen molar-refractivity contribution in [2.45, 2.75) is 76.4 Å². The van der Waals surface area contributed by atoms with Gasteiger partial charge in [-0.2, -0.15) is 5.10 Å². The van der Waals surface area contributed by atoms with Crippen molar-refractivity contribution in [2.75, 3.05) is 60.9 Å². The van der Waals surface area contributed by atoms with Gasteiger partial charge in [0.15, 0.2) is 0 Å². The highest BCUT2D eigenvalue weighted by atomic mass is 32.1. The first-order valence-electron chi connectivity index (χ1n) is 20.9. The van der Waals surface area contributed by atoms with E-state index in [-0.39, 0.29) is 30.0 Å². The van der Waals surface area contributed by atoms with Gasteiger partial charge in [0.2, 0.25) is 11.8 Å². The van der Waals surface area contributed by atoms with E-state index in [4.69, 9.17) is 5.10 Å². The number of imide groups is 1. The van der Waals surface area contributed by atoms with Crippen molar-refractivity contribution in [3.8, 4) is 0 Å². The lowest BCUT2D eigenvalue weighted by atomic mass is 9.94. The van der Waals surface area contributed by atoms with Gasteiger partial charge in [-0.3, -0.25) is 29.2 Å². The second-order valence-electron chi connectivity index (χ2n) is 16.6. The van der Waals surface area contributed by atoms with Crippen LogP contribution in [0.3, 0.4) is 0 Å². The molecule has 15 heteroatoms. The van der Waals surface area contributed by atoms with Gasteiger partial charge in [0, 0.05) is 87.8 Å². The number of rotatable bonds is 8. The third-order valence-electron chi connectivity index (χ3n) is 13.0. The van der Waals surface area contributed by atoms with Gasteiger partial charge < -0.3 is 24.9 Å². The quantitative estimate of drug-likeness (QED) is 0.190. The summed E-state index contributed by atoms with van der Waals surface area (Å²) in [6.45, 7) is 7.39. The smallest absolute Gasteiger partial charge is 0.258 e. The van der Waals surface area contributed by atoms with Crippen LogP contribution in [0, 0.1) is 5.92 Å². The van der Waals surface area contributed by atoms with E-state index in [1.54, 1.807) is 22.7 Å². The number of hydrogen-bond acceptors (Lipinski definition) is 11. The fourth-order valence-corrected chi connectivity index (χ4v) is 10.4. The van der Waals surface area contributed by atoms with Crippen LogP contribution in [0.2, 0.25) is 0 Å². The second kappa shape index (κ2) is 15.4. The number of fused-ring (bicyclic) bond motifs is 3. The average molecular weight is 801 g/mol. The molecule has 10 rings (SSSR count). The number of carbonyl (C=O) groups excluding carboxylic acids is 4. The number of benzene rings is 2. The molecule has 3 aromatic heterocycles. The van der Waals surface area contributed by atoms with Gasteiger partial charge in [-0.1, -0.05) is 6.07 Å². The second-order valence-corrected chi connectivity index (χ2v) is 17.4. The summed E-state index contributed by atoms with van der Waals surface area (Å²) in [4.78, 5) is 69.8. The monoisotopic (exact) mass is 800 g/mol. The summed E-state index contributed by atoms with van der Waals surface area (Å²) in [5.74, 6) is -0.326. The van der Waals surface area contributed by atoms with Crippen LogP contribution in [0.5, 0.6) is 0 Å². The minimum absolute atomic E-state index is 0.122. The van der Waals surface area contributed by atoms with E-state index >= 15 is 0 Å². The van der Waals surface area contributed by atoms with Crippen LogP contribution in [0.4, 0.5) is 17.1 Å². The molecule has 14 nitrogen and oxygen atoms in total. The Morgan fingerprint density at radius 3 is 2.52 bits per heavy atom. The number of amides is 4. The summed E-state index contributed by atoms with van der Waals surface area (Å²) < 4.78 is 2.17. The molecule has 58 heavy (non-hydrogen) atoms. The Kier molecular flexibility index (Phi) is 9.80. The van der Waals surface area contributed by atoms with Gasteiger partial charge in [0.05, 0.1) is 34.0 Å². The zero-order valence-corrected chi connectivity index (χ0v) is 33.4. The Morgan fingerprint density at radius 1 is 0.879 bits per heavy atom. The summed E-state index contributed by atoms with van der Waals surface area (Å²) in [5, 5.41) is 11.8. The summed E-state index contributed by atoms with van der Waals surface area (Å²) in [7, 11) is 0. The fourth-order valence-electron chi connectivity index (χ4n) is 9.76. The number of anilines is 3. The molecule has 4 fully saturated rings. The molecule has 4 amide bonds. The maximum Gasteiger partial charge on any atom is 0.258 e. The zero-order chi connectivity index (χ0) is 39.3. The van der Waals surface area contributed by atoms with Crippen molar-refractivity contribution in [1.82, 2.24) is 34.9 Å². The first-order chi connectivity index (χ1) is 28.3. The van der Waals surface area contributed by atoms with Crippen molar-refractivity contribution < 1.29 is 19.2 Å². The van der Waals surface area contributed by atoms with E-state index in [0.717, 1.165) is 123 Å². The van der Waals surface area contributed by atoms with Crippen LogP contribution in [0.1, 0.15) is 90.1 Å². The van der Waals surface area contributed by atoms with E-state index in [1.165, 1.54) is 17.8 Å². The molecule has 4 saturated heterocycles. The maximum atomic E-state index is 13.7. The average Bonchev–Trinajstić information content (AvgIpc) is 3.98. The van der Waals surface area contributed by atoms with E-state index in [2.05, 4.69) is 64.4 Å². The number of hydrogen-bond donors (Lipinski definition) is 2. The molecule has 2 aromatic carbocycles. The molecule has 0 spiro atoms. The Labute approximate surface area is 340 Å². The van der Waals surface area contributed by atoms with Crippen molar-refractivity contribution in [3.05, 3.63) is 71.0 Å². The highest BCUT2D eigenvalue weighted by Crippen LogP contribution is 2.36. The van der Waals surface area contributed by atoms with E-state index in [1.807, 2.05) is 12.1 Å². The van der Waals surface area contributed by atoms with Crippen molar-refractivity contribution >= 4 is 73.3 Å². The standard InChI is InChI=1S/C43H48N10O4S/c54-38-7-6-36(41(56)47-38)52-24-28-4-5-31(21-33(28)43(52)57)50-18-9-27(10-19-50)23-49-16-11-30(12-17-49)53-25-29-20-35(37(22-34(29)48-53)51-14-2-1-3-15-51)46-40(55)32-8-13-44-42-39(32)45-26-58-42/h4-5,8,13,20-22,25-27,30,36H,1-3,6-7,9-12,14-19,23-24H2,(H,46,55)(H,47,54,56). The largest absolute Gasteiger partial charge is 0.371 e. The number of carbonyl (C=O) groups is 4. The molecule has 5 aliphatic heterocycles. The van der Waals surface area contributed by atoms with Crippen molar-refractivity contribution in [2.24, 2.45) is 5.92 Å². The Balaban J connectivity index is 0.756. The van der Waals surface area contributed by atoms with Gasteiger partial charge in [0.1, 0.15) is 16.4 Å². The summed E-state index contributed by atoms with van der Waals surface area (Å²) in [6, 6.07) is 11.9. The predicted octanol–water partition coefficient (Wildman–Crippen LogP) is 5.60. The topological polar surface area (TPSA) is 149 Å². The third kappa shape index (κ3) is 7.08. The summed E-state index contributed by atoms with van der Waals surface area (Å²) in [6.07, 6.45) is 12.2. The normalized spacial score (nSPS) is 21.3. The SMILES string of the molecule is O=C1CCC(N2Cc3ccc(N4CCC(CN5CCC(n6cc7cc(NC(=O)c8ccnc9scnc89)c(N8CCCCC8)cc7n6)CC5)CC4)cc3C2=O)C(=O)N1. The molecule has 1 atom stereocenters. The highest BCUT2D eigenvalue weighted by molar-refractivity contribution is 7.16. The van der Waals surface area contributed by atoms with Crippen molar-refractivity contribution in [1.29, 1.82) is 0 Å². The zero-order valence-electron chi connectivity index (χ0n) is 32.6. The first-order valence-corrected chi connectivity index (χ1v) is 21.7. The number of pyridine rings is 1. The molecule has 0 aliphatic carbocycles. The molecular weight excluding hydrogens is 753 g/mol. The van der Waals surface area contributed by atoms with Crippen LogP contribution in [-0.2, 0) is 16.1 Å². The van der Waals surface area contributed by atoms with Crippen LogP contribution >= 0.6 is 11.3 Å². The lowest BCUT2D eigenvalue weighted by Crippen LogP contribution is -2.52. The molecular formula is C43H48N10O4S.